The lowest BCUT2D eigenvalue weighted by Crippen LogP contribution is -2.39. The molecule has 3 rings (SSSR count). The van der Waals surface area contributed by atoms with Crippen LogP contribution in [-0.4, -0.2) is 32.2 Å². The average molecular weight is 459 g/mol. The smallest absolute Gasteiger partial charge is 0.252 e. The maximum atomic E-state index is 13.3. The van der Waals surface area contributed by atoms with Gasteiger partial charge in [0.2, 0.25) is 5.91 Å². The second-order valence-electron chi connectivity index (χ2n) is 5.89. The summed E-state index contributed by atoms with van der Waals surface area (Å²) in [5.74, 6) is -0.850. The second-order valence-corrected chi connectivity index (χ2v) is 10.9. The van der Waals surface area contributed by atoms with Crippen molar-refractivity contribution in [2.45, 2.75) is 10.3 Å². The molecular weight excluding hydrogens is 443 g/mol. The Labute approximate surface area is 175 Å². The first-order valence-electron chi connectivity index (χ1n) is 8.07. The molecule has 3 aromatic rings. The number of carbonyl (C=O) groups is 1. The van der Waals surface area contributed by atoms with Crippen LogP contribution in [0.4, 0.5) is 4.39 Å². The van der Waals surface area contributed by atoms with E-state index in [4.69, 9.17) is 11.6 Å². The highest BCUT2D eigenvalue weighted by Crippen LogP contribution is 2.28. The minimum absolute atomic E-state index is 0.0705. The Balaban J connectivity index is 1.76. The van der Waals surface area contributed by atoms with Gasteiger partial charge < -0.3 is 5.32 Å². The SMILES string of the molecule is CN(CC(=O)N[C@H](c1ccc(F)cc1)c1cccs1)S(=O)(=O)c1ccc(Cl)s1. The van der Waals surface area contributed by atoms with E-state index < -0.39 is 22.0 Å². The number of nitrogens with zero attached hydrogens (tertiary/aromatic N) is 1. The summed E-state index contributed by atoms with van der Waals surface area (Å²) in [6.45, 7) is -0.360. The number of hydrogen-bond donors (Lipinski definition) is 1. The molecule has 0 aliphatic carbocycles. The lowest BCUT2D eigenvalue weighted by molar-refractivity contribution is -0.121. The molecule has 0 unspecified atom stereocenters. The van der Waals surface area contributed by atoms with Crippen molar-refractivity contribution in [2.24, 2.45) is 0 Å². The van der Waals surface area contributed by atoms with Gasteiger partial charge in [-0.15, -0.1) is 22.7 Å². The zero-order valence-corrected chi connectivity index (χ0v) is 17.8. The summed E-state index contributed by atoms with van der Waals surface area (Å²) in [4.78, 5) is 13.4. The van der Waals surface area contributed by atoms with Crippen LogP contribution in [0.15, 0.2) is 58.1 Å². The molecule has 0 bridgehead atoms. The second kappa shape index (κ2) is 8.71. The number of likely N-dealkylation sites (N-methyl/N-ethyl adjacent to an activating group) is 1. The summed E-state index contributed by atoms with van der Waals surface area (Å²) in [7, 11) is -2.48. The monoisotopic (exact) mass is 458 g/mol. The van der Waals surface area contributed by atoms with Crippen LogP contribution in [0, 0.1) is 5.82 Å². The molecule has 2 aromatic heterocycles. The molecule has 1 N–H and O–H groups in total. The van der Waals surface area contributed by atoms with Gasteiger partial charge in [0.25, 0.3) is 10.0 Å². The molecule has 148 valence electrons. The summed E-state index contributed by atoms with van der Waals surface area (Å²) in [6, 6.07) is 11.9. The van der Waals surface area contributed by atoms with E-state index in [0.29, 0.717) is 9.90 Å². The molecule has 0 aliphatic rings. The van der Waals surface area contributed by atoms with Crippen molar-refractivity contribution in [3.63, 3.8) is 0 Å². The third-order valence-electron chi connectivity index (χ3n) is 3.92. The predicted molar refractivity (Wildman–Crippen MR) is 110 cm³/mol. The van der Waals surface area contributed by atoms with E-state index >= 15 is 0 Å². The van der Waals surface area contributed by atoms with Gasteiger partial charge in [-0.3, -0.25) is 4.79 Å². The number of hydrogen-bond acceptors (Lipinski definition) is 5. The minimum atomic E-state index is -3.81. The van der Waals surface area contributed by atoms with Crippen molar-refractivity contribution >= 4 is 50.2 Å². The van der Waals surface area contributed by atoms with Crippen molar-refractivity contribution in [3.05, 3.63) is 74.5 Å². The molecule has 1 amide bonds. The zero-order chi connectivity index (χ0) is 20.3. The Hall–Kier alpha value is -1.78. The number of amides is 1. The normalized spacial score (nSPS) is 12.9. The van der Waals surface area contributed by atoms with E-state index in [-0.39, 0.29) is 16.6 Å². The molecule has 0 spiro atoms. The number of rotatable bonds is 7. The molecule has 1 aromatic carbocycles. The Morgan fingerprint density at radius 2 is 1.93 bits per heavy atom. The van der Waals surface area contributed by atoms with E-state index in [0.717, 1.165) is 20.5 Å². The lowest BCUT2D eigenvalue weighted by atomic mass is 10.1. The van der Waals surface area contributed by atoms with Crippen molar-refractivity contribution < 1.29 is 17.6 Å². The topological polar surface area (TPSA) is 66.5 Å². The number of nitrogens with one attached hydrogen (secondary N) is 1. The third-order valence-corrected chi connectivity index (χ3v) is 8.35. The molecule has 0 aliphatic heterocycles. The van der Waals surface area contributed by atoms with Gasteiger partial charge in [0.15, 0.2) is 0 Å². The maximum absolute atomic E-state index is 13.3. The van der Waals surface area contributed by atoms with Gasteiger partial charge in [0.05, 0.1) is 16.9 Å². The first kappa shape index (κ1) is 20.9. The van der Waals surface area contributed by atoms with Crippen LogP contribution in [0.2, 0.25) is 4.34 Å². The molecule has 0 fully saturated rings. The fraction of sp³-hybridized carbons (Fsp3) is 0.167. The Bertz CT molecular complexity index is 1050. The van der Waals surface area contributed by atoms with Crippen molar-refractivity contribution in [1.82, 2.24) is 9.62 Å². The average Bonchev–Trinajstić information content (AvgIpc) is 3.32. The molecule has 2 heterocycles. The summed E-state index contributed by atoms with van der Waals surface area (Å²) in [5.41, 5.74) is 0.702. The number of carbonyl (C=O) groups excluding carboxylic acids is 1. The Morgan fingerprint density at radius 3 is 2.50 bits per heavy atom. The van der Waals surface area contributed by atoms with Crippen LogP contribution in [0.25, 0.3) is 0 Å². The predicted octanol–water partition coefficient (Wildman–Crippen LogP) is 4.13. The number of sulfonamides is 1. The van der Waals surface area contributed by atoms with Gasteiger partial charge in [-0.05, 0) is 41.3 Å². The summed E-state index contributed by atoms with van der Waals surface area (Å²) in [6.07, 6.45) is 0. The highest BCUT2D eigenvalue weighted by atomic mass is 35.5. The van der Waals surface area contributed by atoms with Crippen LogP contribution in [0.1, 0.15) is 16.5 Å². The minimum Gasteiger partial charge on any atom is -0.343 e. The maximum Gasteiger partial charge on any atom is 0.252 e. The molecule has 10 heteroatoms. The van der Waals surface area contributed by atoms with E-state index in [2.05, 4.69) is 5.32 Å². The van der Waals surface area contributed by atoms with Gasteiger partial charge in [-0.25, -0.2) is 12.8 Å². The van der Waals surface area contributed by atoms with Crippen molar-refractivity contribution in [2.75, 3.05) is 13.6 Å². The quantitative estimate of drug-likeness (QED) is 0.579. The van der Waals surface area contributed by atoms with Crippen LogP contribution in [0.5, 0.6) is 0 Å². The van der Waals surface area contributed by atoms with Crippen molar-refractivity contribution in [3.8, 4) is 0 Å². The molecule has 1 atom stereocenters. The summed E-state index contributed by atoms with van der Waals surface area (Å²) in [5, 5.41) is 4.71. The van der Waals surface area contributed by atoms with E-state index in [9.17, 15) is 17.6 Å². The first-order chi connectivity index (χ1) is 13.3. The molecule has 28 heavy (non-hydrogen) atoms. The first-order valence-corrected chi connectivity index (χ1v) is 11.6. The largest absolute Gasteiger partial charge is 0.343 e. The zero-order valence-electron chi connectivity index (χ0n) is 14.6. The van der Waals surface area contributed by atoms with Gasteiger partial charge >= 0.3 is 0 Å². The standard InChI is InChI=1S/C18H16ClFN2O3S3/c1-22(28(24,25)17-9-8-15(19)27-17)11-16(23)21-18(14-3-2-10-26-14)12-4-6-13(20)7-5-12/h2-10,18H,11H2,1H3,(H,21,23)/t18-/m1/s1. The lowest BCUT2D eigenvalue weighted by Gasteiger charge is -2.21. The summed E-state index contributed by atoms with van der Waals surface area (Å²) < 4.78 is 39.8. The molecule has 0 radical (unpaired) electrons. The molecule has 0 saturated carbocycles. The fourth-order valence-electron chi connectivity index (χ4n) is 2.51. The highest BCUT2D eigenvalue weighted by Gasteiger charge is 2.26. The highest BCUT2D eigenvalue weighted by molar-refractivity contribution is 7.91. The van der Waals surface area contributed by atoms with Crippen molar-refractivity contribution in [1.29, 1.82) is 0 Å². The molecular formula is C18H16ClFN2O3S3. The number of thiophene rings is 2. The summed E-state index contributed by atoms with van der Waals surface area (Å²) >= 11 is 8.19. The van der Waals surface area contributed by atoms with E-state index in [1.165, 1.54) is 42.6 Å². The van der Waals surface area contributed by atoms with Crippen LogP contribution in [-0.2, 0) is 14.8 Å². The Morgan fingerprint density at radius 1 is 1.21 bits per heavy atom. The van der Waals surface area contributed by atoms with Gasteiger partial charge in [-0.1, -0.05) is 29.8 Å². The van der Waals surface area contributed by atoms with Gasteiger partial charge in [0.1, 0.15) is 10.0 Å². The number of halogens is 2. The third kappa shape index (κ3) is 4.79. The van der Waals surface area contributed by atoms with Crippen LogP contribution >= 0.6 is 34.3 Å². The number of benzene rings is 1. The van der Waals surface area contributed by atoms with Crippen LogP contribution < -0.4 is 5.32 Å². The molecule has 0 saturated heterocycles. The fourth-order valence-corrected chi connectivity index (χ4v) is 6.14. The van der Waals surface area contributed by atoms with Crippen LogP contribution in [0.3, 0.4) is 0 Å². The molecule has 5 nitrogen and oxygen atoms in total. The van der Waals surface area contributed by atoms with Gasteiger partial charge in [0, 0.05) is 11.9 Å². The Kier molecular flexibility index (Phi) is 6.51. The van der Waals surface area contributed by atoms with E-state index in [1.807, 2.05) is 17.5 Å². The van der Waals surface area contributed by atoms with Gasteiger partial charge in [-0.2, -0.15) is 4.31 Å². The van der Waals surface area contributed by atoms with E-state index in [1.54, 1.807) is 12.1 Å².